The molecule has 0 aliphatic carbocycles. The number of carbonyl (C=O) groups excluding carboxylic acids is 2. The highest BCUT2D eigenvalue weighted by molar-refractivity contribution is 5.87. The highest BCUT2D eigenvalue weighted by Crippen LogP contribution is 2.30. The van der Waals surface area contributed by atoms with Gasteiger partial charge in [0.25, 0.3) is 0 Å². The van der Waals surface area contributed by atoms with Gasteiger partial charge in [0.2, 0.25) is 11.8 Å². The lowest BCUT2D eigenvalue weighted by Crippen LogP contribution is -2.47. The Morgan fingerprint density at radius 2 is 1.88 bits per heavy atom. The van der Waals surface area contributed by atoms with E-state index in [0.29, 0.717) is 18.1 Å². The summed E-state index contributed by atoms with van der Waals surface area (Å²) in [6.45, 7) is 7.89. The molecule has 140 valence electrons. The van der Waals surface area contributed by atoms with Crippen LogP contribution in [0.3, 0.4) is 0 Å². The van der Waals surface area contributed by atoms with E-state index in [1.807, 2.05) is 45.9 Å². The molecule has 2 amide bonds. The van der Waals surface area contributed by atoms with E-state index in [4.69, 9.17) is 15.2 Å². The highest BCUT2D eigenvalue weighted by Gasteiger charge is 2.18. The predicted octanol–water partition coefficient (Wildman–Crippen LogP) is 1.37. The molecule has 7 heteroatoms. The van der Waals surface area contributed by atoms with Crippen LogP contribution in [0.4, 0.5) is 0 Å². The number of hydrogen-bond acceptors (Lipinski definition) is 5. The summed E-state index contributed by atoms with van der Waals surface area (Å²) in [4.78, 5) is 23.8. The Labute approximate surface area is 149 Å². The second kappa shape index (κ2) is 9.88. The average Bonchev–Trinajstić information content (AvgIpc) is 2.59. The smallest absolute Gasteiger partial charge is 0.239 e. The monoisotopic (exact) mass is 351 g/mol. The van der Waals surface area contributed by atoms with Gasteiger partial charge >= 0.3 is 0 Å². The summed E-state index contributed by atoms with van der Waals surface area (Å²) in [5, 5.41) is 5.38. The van der Waals surface area contributed by atoms with Crippen molar-refractivity contribution in [3.8, 4) is 11.5 Å². The summed E-state index contributed by atoms with van der Waals surface area (Å²) in [6.07, 6.45) is 0. The highest BCUT2D eigenvalue weighted by atomic mass is 16.5. The van der Waals surface area contributed by atoms with Crippen LogP contribution in [0, 0.1) is 5.92 Å². The van der Waals surface area contributed by atoms with Crippen molar-refractivity contribution in [3.63, 3.8) is 0 Å². The van der Waals surface area contributed by atoms with Gasteiger partial charge in [-0.05, 0) is 37.5 Å². The average molecular weight is 351 g/mol. The molecular formula is C18H29N3O4. The number of hydrogen-bond donors (Lipinski definition) is 3. The van der Waals surface area contributed by atoms with E-state index in [9.17, 15) is 9.59 Å². The molecule has 0 heterocycles. The third-order valence-corrected chi connectivity index (χ3v) is 3.81. The van der Waals surface area contributed by atoms with Crippen LogP contribution in [0.25, 0.3) is 0 Å². The summed E-state index contributed by atoms with van der Waals surface area (Å²) in [5.74, 6) is 0.655. The van der Waals surface area contributed by atoms with Gasteiger partial charge < -0.3 is 25.8 Å². The second-order valence-corrected chi connectivity index (χ2v) is 6.12. The summed E-state index contributed by atoms with van der Waals surface area (Å²) in [6, 6.07) is 4.63. The normalized spacial score (nSPS) is 13.1. The Morgan fingerprint density at radius 1 is 1.20 bits per heavy atom. The van der Waals surface area contributed by atoms with Gasteiger partial charge in [0.1, 0.15) is 0 Å². The zero-order chi connectivity index (χ0) is 19.0. The van der Waals surface area contributed by atoms with Crippen molar-refractivity contribution in [1.82, 2.24) is 10.6 Å². The Hall–Kier alpha value is -2.28. The van der Waals surface area contributed by atoms with Crippen molar-refractivity contribution in [2.75, 3.05) is 20.3 Å². The molecule has 1 unspecified atom stereocenters. The Bertz CT molecular complexity index is 590. The lowest BCUT2D eigenvalue weighted by atomic mass is 10.1. The molecule has 0 fully saturated rings. The van der Waals surface area contributed by atoms with E-state index >= 15 is 0 Å². The third-order valence-electron chi connectivity index (χ3n) is 3.81. The molecule has 4 N–H and O–H groups in total. The van der Waals surface area contributed by atoms with Crippen molar-refractivity contribution in [3.05, 3.63) is 23.8 Å². The number of nitrogens with one attached hydrogen (secondary N) is 2. The molecule has 0 bridgehead atoms. The van der Waals surface area contributed by atoms with Crippen molar-refractivity contribution < 1.29 is 19.1 Å². The molecule has 0 aromatic heterocycles. The van der Waals surface area contributed by atoms with Gasteiger partial charge in [-0.2, -0.15) is 0 Å². The van der Waals surface area contributed by atoms with E-state index in [1.54, 1.807) is 7.11 Å². The van der Waals surface area contributed by atoms with Gasteiger partial charge in [0.05, 0.1) is 32.3 Å². The van der Waals surface area contributed by atoms with E-state index in [-0.39, 0.29) is 30.3 Å². The van der Waals surface area contributed by atoms with Crippen molar-refractivity contribution in [2.24, 2.45) is 11.7 Å². The quantitative estimate of drug-likeness (QED) is 0.623. The van der Waals surface area contributed by atoms with Gasteiger partial charge in [-0.15, -0.1) is 0 Å². The maximum Gasteiger partial charge on any atom is 0.239 e. The van der Waals surface area contributed by atoms with Crippen molar-refractivity contribution in [1.29, 1.82) is 0 Å². The fourth-order valence-electron chi connectivity index (χ4n) is 2.19. The standard InChI is InChI=1S/C18H29N3O4/c1-6-25-14-8-7-13(9-15(14)24-5)12(4)21-16(22)10-20-18(23)17(19)11(2)3/h7-9,11-12,17H,6,10,19H2,1-5H3,(H,20,23)(H,21,22)/t12?,17-/m0/s1. The molecule has 0 aliphatic heterocycles. The van der Waals surface area contributed by atoms with E-state index < -0.39 is 6.04 Å². The molecule has 1 aromatic carbocycles. The van der Waals surface area contributed by atoms with E-state index in [2.05, 4.69) is 10.6 Å². The first-order chi connectivity index (χ1) is 11.8. The molecule has 0 radical (unpaired) electrons. The largest absolute Gasteiger partial charge is 0.493 e. The minimum atomic E-state index is -0.624. The van der Waals surface area contributed by atoms with Crippen LogP contribution in [0.2, 0.25) is 0 Å². The molecule has 0 saturated carbocycles. The van der Waals surface area contributed by atoms with Crippen molar-refractivity contribution in [2.45, 2.75) is 39.8 Å². The van der Waals surface area contributed by atoms with Crippen LogP contribution < -0.4 is 25.8 Å². The summed E-state index contributed by atoms with van der Waals surface area (Å²) >= 11 is 0. The maximum atomic E-state index is 12.0. The maximum absolute atomic E-state index is 12.0. The zero-order valence-electron chi connectivity index (χ0n) is 15.6. The number of nitrogens with two attached hydrogens (primary N) is 1. The number of benzene rings is 1. The van der Waals surface area contributed by atoms with Crippen LogP contribution in [0.15, 0.2) is 18.2 Å². The molecule has 0 aliphatic rings. The Kier molecular flexibility index (Phi) is 8.21. The minimum Gasteiger partial charge on any atom is -0.493 e. The topological polar surface area (TPSA) is 103 Å². The summed E-state index contributed by atoms with van der Waals surface area (Å²) in [5.41, 5.74) is 6.61. The second-order valence-electron chi connectivity index (χ2n) is 6.12. The molecule has 1 aromatic rings. The molecule has 7 nitrogen and oxygen atoms in total. The molecule has 0 saturated heterocycles. The van der Waals surface area contributed by atoms with E-state index in [1.165, 1.54) is 0 Å². The van der Waals surface area contributed by atoms with Crippen LogP contribution in [-0.2, 0) is 9.59 Å². The van der Waals surface area contributed by atoms with Gasteiger partial charge in [0, 0.05) is 0 Å². The molecular weight excluding hydrogens is 322 g/mol. The van der Waals surface area contributed by atoms with Gasteiger partial charge in [-0.1, -0.05) is 19.9 Å². The Morgan fingerprint density at radius 3 is 2.44 bits per heavy atom. The van der Waals surface area contributed by atoms with E-state index in [0.717, 1.165) is 5.56 Å². The van der Waals surface area contributed by atoms with Crippen LogP contribution in [0.1, 0.15) is 39.3 Å². The van der Waals surface area contributed by atoms with Crippen LogP contribution >= 0.6 is 0 Å². The number of ether oxygens (including phenoxy) is 2. The first-order valence-corrected chi connectivity index (χ1v) is 8.43. The molecule has 0 spiro atoms. The van der Waals surface area contributed by atoms with Gasteiger partial charge in [-0.25, -0.2) is 0 Å². The SMILES string of the molecule is CCOc1ccc(C(C)NC(=O)CNC(=O)[C@@H](N)C(C)C)cc1OC. The number of methoxy groups -OCH3 is 1. The fourth-order valence-corrected chi connectivity index (χ4v) is 2.19. The van der Waals surface area contributed by atoms with Crippen molar-refractivity contribution >= 4 is 11.8 Å². The number of amides is 2. The summed E-state index contributed by atoms with van der Waals surface area (Å²) in [7, 11) is 1.57. The van der Waals surface area contributed by atoms with Crippen LogP contribution in [0.5, 0.6) is 11.5 Å². The zero-order valence-corrected chi connectivity index (χ0v) is 15.6. The first kappa shape index (κ1) is 20.8. The van der Waals surface area contributed by atoms with Crippen LogP contribution in [-0.4, -0.2) is 38.1 Å². The molecule has 25 heavy (non-hydrogen) atoms. The first-order valence-electron chi connectivity index (χ1n) is 8.43. The molecule has 2 atom stereocenters. The fraction of sp³-hybridized carbons (Fsp3) is 0.556. The van der Waals surface area contributed by atoms with Gasteiger partial charge in [-0.3, -0.25) is 9.59 Å². The summed E-state index contributed by atoms with van der Waals surface area (Å²) < 4.78 is 10.8. The lowest BCUT2D eigenvalue weighted by Gasteiger charge is -2.18. The van der Waals surface area contributed by atoms with Gasteiger partial charge in [0.15, 0.2) is 11.5 Å². The minimum absolute atomic E-state index is 0.0123. The predicted molar refractivity (Wildman–Crippen MR) is 96.5 cm³/mol. The Balaban J connectivity index is 2.62. The number of rotatable bonds is 9. The molecule has 1 rings (SSSR count). The number of carbonyl (C=O) groups is 2. The third kappa shape index (κ3) is 6.26. The lowest BCUT2D eigenvalue weighted by molar-refractivity contribution is -0.127.